The summed E-state index contributed by atoms with van der Waals surface area (Å²) >= 11 is 0. The van der Waals surface area contributed by atoms with E-state index in [0.29, 0.717) is 11.3 Å². The molecule has 1 aliphatic heterocycles. The maximum absolute atomic E-state index is 12.7. The van der Waals surface area contributed by atoms with Crippen molar-refractivity contribution in [3.05, 3.63) is 58.7 Å². The Bertz CT molecular complexity index is 758. The van der Waals surface area contributed by atoms with Gasteiger partial charge in [-0.1, -0.05) is 32.0 Å². The lowest BCUT2D eigenvalue weighted by atomic mass is 10.0. The van der Waals surface area contributed by atoms with Gasteiger partial charge in [-0.15, -0.1) is 0 Å². The number of anilines is 1. The second-order valence-corrected chi connectivity index (χ2v) is 5.31. The zero-order valence-electron chi connectivity index (χ0n) is 12.6. The van der Waals surface area contributed by atoms with Gasteiger partial charge < -0.3 is 5.11 Å². The Balaban J connectivity index is 2.20. The molecule has 0 fully saturated rings. The summed E-state index contributed by atoms with van der Waals surface area (Å²) in [6.45, 7) is 4.00. The molecule has 4 heteroatoms. The van der Waals surface area contributed by atoms with E-state index < -0.39 is 0 Å². The quantitative estimate of drug-likeness (QED) is 0.884. The number of phenols is 1. The van der Waals surface area contributed by atoms with Gasteiger partial charge in [-0.3, -0.25) is 9.59 Å². The topological polar surface area (TPSA) is 57.6 Å². The molecule has 0 spiro atoms. The first kappa shape index (κ1) is 14.3. The number of carbonyl (C=O) groups excluding carboxylic acids is 2. The van der Waals surface area contributed by atoms with Gasteiger partial charge in [0.25, 0.3) is 11.8 Å². The Labute approximate surface area is 129 Å². The molecule has 22 heavy (non-hydrogen) atoms. The van der Waals surface area contributed by atoms with Gasteiger partial charge >= 0.3 is 0 Å². The number of amides is 2. The lowest BCUT2D eigenvalue weighted by molar-refractivity contribution is 0.0925. The molecular weight excluding hydrogens is 278 g/mol. The summed E-state index contributed by atoms with van der Waals surface area (Å²) in [6, 6.07) is 10.1. The maximum atomic E-state index is 12.7. The molecule has 2 aromatic carbocycles. The fourth-order valence-electron chi connectivity index (χ4n) is 2.93. The maximum Gasteiger partial charge on any atom is 0.266 e. The molecule has 1 heterocycles. The third-order valence-electron chi connectivity index (χ3n) is 4.06. The van der Waals surface area contributed by atoms with Crippen LogP contribution in [-0.2, 0) is 12.8 Å². The molecule has 2 amide bonds. The van der Waals surface area contributed by atoms with Crippen LogP contribution in [0.3, 0.4) is 0 Å². The van der Waals surface area contributed by atoms with Gasteiger partial charge in [0.05, 0.1) is 16.8 Å². The van der Waals surface area contributed by atoms with Crippen molar-refractivity contribution in [3.63, 3.8) is 0 Å². The van der Waals surface area contributed by atoms with E-state index in [-0.39, 0.29) is 23.1 Å². The number of imide groups is 1. The SMILES string of the molecule is CCc1cccc(CC)c1N1C(=O)c2ccc(O)cc2C1=O. The highest BCUT2D eigenvalue weighted by atomic mass is 16.3. The van der Waals surface area contributed by atoms with E-state index in [2.05, 4.69) is 0 Å². The molecule has 0 atom stereocenters. The van der Waals surface area contributed by atoms with Crippen LogP contribution in [0.4, 0.5) is 5.69 Å². The highest BCUT2D eigenvalue weighted by Gasteiger charge is 2.38. The predicted molar refractivity (Wildman–Crippen MR) is 84.4 cm³/mol. The zero-order chi connectivity index (χ0) is 15.9. The highest BCUT2D eigenvalue weighted by molar-refractivity contribution is 6.35. The molecule has 0 unspecified atom stereocenters. The van der Waals surface area contributed by atoms with Crippen LogP contribution >= 0.6 is 0 Å². The molecule has 0 bridgehead atoms. The fourth-order valence-corrected chi connectivity index (χ4v) is 2.93. The molecule has 0 aromatic heterocycles. The first-order valence-electron chi connectivity index (χ1n) is 7.41. The van der Waals surface area contributed by atoms with Crippen molar-refractivity contribution in [3.8, 4) is 5.75 Å². The third kappa shape index (κ3) is 1.99. The molecule has 1 N–H and O–H groups in total. The Morgan fingerprint density at radius 2 is 1.50 bits per heavy atom. The van der Waals surface area contributed by atoms with E-state index >= 15 is 0 Å². The highest BCUT2D eigenvalue weighted by Crippen LogP contribution is 2.35. The average molecular weight is 295 g/mol. The summed E-state index contributed by atoms with van der Waals surface area (Å²) in [4.78, 5) is 26.6. The number of aromatic hydroxyl groups is 1. The van der Waals surface area contributed by atoms with Crippen LogP contribution in [0.25, 0.3) is 0 Å². The van der Waals surface area contributed by atoms with Gasteiger partial charge in [0.2, 0.25) is 0 Å². The van der Waals surface area contributed by atoms with Gasteiger partial charge in [-0.25, -0.2) is 4.90 Å². The minimum absolute atomic E-state index is 0.0127. The van der Waals surface area contributed by atoms with Gasteiger partial charge in [0.1, 0.15) is 5.75 Å². The number of aryl methyl sites for hydroxylation is 2. The second kappa shape index (κ2) is 5.30. The Morgan fingerprint density at radius 3 is 2.09 bits per heavy atom. The number of nitrogens with zero attached hydrogens (tertiary/aromatic N) is 1. The number of hydrogen-bond acceptors (Lipinski definition) is 3. The van der Waals surface area contributed by atoms with Gasteiger partial charge in [0.15, 0.2) is 0 Å². The molecule has 1 aliphatic rings. The summed E-state index contributed by atoms with van der Waals surface area (Å²) in [5, 5.41) is 9.58. The zero-order valence-corrected chi connectivity index (χ0v) is 12.6. The Kier molecular flexibility index (Phi) is 3.45. The number of para-hydroxylation sites is 1. The smallest absolute Gasteiger partial charge is 0.266 e. The molecule has 112 valence electrons. The van der Waals surface area contributed by atoms with Crippen LogP contribution in [0.15, 0.2) is 36.4 Å². The number of carbonyl (C=O) groups is 2. The van der Waals surface area contributed by atoms with Gasteiger partial charge in [-0.05, 0) is 42.2 Å². The standard InChI is InChI=1S/C18H17NO3/c1-3-11-6-5-7-12(4-2)16(11)19-17(21)14-9-8-13(20)10-15(14)18(19)22/h5-10,20H,3-4H2,1-2H3. The summed E-state index contributed by atoms with van der Waals surface area (Å²) in [5.41, 5.74) is 3.24. The van der Waals surface area contributed by atoms with Crippen LogP contribution in [0.1, 0.15) is 45.7 Å². The fraction of sp³-hybridized carbons (Fsp3) is 0.222. The lowest BCUT2D eigenvalue weighted by Crippen LogP contribution is -2.31. The number of rotatable bonds is 3. The minimum Gasteiger partial charge on any atom is -0.508 e. The van der Waals surface area contributed by atoms with Crippen LogP contribution < -0.4 is 4.90 Å². The van der Waals surface area contributed by atoms with E-state index in [4.69, 9.17) is 0 Å². The Hall–Kier alpha value is -2.62. The number of benzene rings is 2. The van der Waals surface area contributed by atoms with Crippen molar-refractivity contribution in [2.45, 2.75) is 26.7 Å². The summed E-state index contributed by atoms with van der Waals surface area (Å²) in [5.74, 6) is -0.705. The molecule has 0 saturated carbocycles. The second-order valence-electron chi connectivity index (χ2n) is 5.31. The van der Waals surface area contributed by atoms with Crippen LogP contribution in [0.5, 0.6) is 5.75 Å². The minimum atomic E-state index is -0.369. The van der Waals surface area contributed by atoms with Crippen molar-refractivity contribution in [1.82, 2.24) is 0 Å². The first-order valence-corrected chi connectivity index (χ1v) is 7.41. The van der Waals surface area contributed by atoms with Crippen LogP contribution in [0, 0.1) is 0 Å². The molecule has 2 aromatic rings. The monoisotopic (exact) mass is 295 g/mol. The predicted octanol–water partition coefficient (Wildman–Crippen LogP) is 3.32. The van der Waals surface area contributed by atoms with Crippen molar-refractivity contribution in [2.24, 2.45) is 0 Å². The number of phenolic OH excluding ortho intramolecular Hbond substituents is 1. The molecule has 4 nitrogen and oxygen atoms in total. The van der Waals surface area contributed by atoms with E-state index in [1.165, 1.54) is 23.1 Å². The summed E-state index contributed by atoms with van der Waals surface area (Å²) < 4.78 is 0. The van der Waals surface area contributed by atoms with Crippen molar-refractivity contribution in [1.29, 1.82) is 0 Å². The molecule has 0 aliphatic carbocycles. The molecule has 3 rings (SSSR count). The normalized spacial score (nSPS) is 13.6. The van der Waals surface area contributed by atoms with E-state index in [1.807, 2.05) is 32.0 Å². The van der Waals surface area contributed by atoms with E-state index in [9.17, 15) is 14.7 Å². The molecule has 0 radical (unpaired) electrons. The number of hydrogen-bond donors (Lipinski definition) is 1. The van der Waals surface area contributed by atoms with Gasteiger partial charge in [0, 0.05) is 0 Å². The average Bonchev–Trinajstić information content (AvgIpc) is 2.77. The Morgan fingerprint density at radius 1 is 0.909 bits per heavy atom. The van der Waals surface area contributed by atoms with Crippen LogP contribution in [-0.4, -0.2) is 16.9 Å². The lowest BCUT2D eigenvalue weighted by Gasteiger charge is -2.21. The third-order valence-corrected chi connectivity index (χ3v) is 4.06. The molecule has 0 saturated heterocycles. The molecular formula is C18H17NO3. The summed E-state index contributed by atoms with van der Waals surface area (Å²) in [6.07, 6.45) is 1.48. The van der Waals surface area contributed by atoms with Crippen molar-refractivity contribution >= 4 is 17.5 Å². The van der Waals surface area contributed by atoms with Crippen LogP contribution in [0.2, 0.25) is 0 Å². The largest absolute Gasteiger partial charge is 0.508 e. The van der Waals surface area contributed by atoms with E-state index in [1.54, 1.807) is 0 Å². The number of fused-ring (bicyclic) bond motifs is 1. The summed E-state index contributed by atoms with van der Waals surface area (Å²) in [7, 11) is 0. The van der Waals surface area contributed by atoms with Crippen molar-refractivity contribution in [2.75, 3.05) is 4.90 Å². The van der Waals surface area contributed by atoms with Crippen molar-refractivity contribution < 1.29 is 14.7 Å². The van der Waals surface area contributed by atoms with E-state index in [0.717, 1.165) is 24.0 Å². The van der Waals surface area contributed by atoms with Gasteiger partial charge in [-0.2, -0.15) is 0 Å². The first-order chi connectivity index (χ1) is 10.6.